The highest BCUT2D eigenvalue weighted by atomic mass is 16.5. The number of aliphatic carboxylic acids is 1. The first-order valence-corrected chi connectivity index (χ1v) is 7.07. The van der Waals surface area contributed by atoms with Crippen molar-refractivity contribution in [2.24, 2.45) is 5.92 Å². The summed E-state index contributed by atoms with van der Waals surface area (Å²) in [6.45, 7) is 9.88. The summed E-state index contributed by atoms with van der Waals surface area (Å²) in [6.07, 6.45) is 0.997. The Morgan fingerprint density at radius 1 is 1.00 bits per heavy atom. The quantitative estimate of drug-likeness (QED) is 0.490. The molecule has 0 aromatic rings. The summed E-state index contributed by atoms with van der Waals surface area (Å²) >= 11 is 0. The number of ether oxygens (including phenoxy) is 3. The van der Waals surface area contributed by atoms with E-state index < -0.39 is 5.97 Å². The summed E-state index contributed by atoms with van der Waals surface area (Å²) in [5.74, 6) is -1.29. The minimum Gasteiger partial charge on any atom is -0.481 e. The predicted octanol–water partition coefficient (Wildman–Crippen LogP) is 2.11. The fraction of sp³-hybridized carbons (Fsp3) is 0.857. The van der Waals surface area contributed by atoms with Crippen LogP contribution in [0.1, 0.15) is 40.5 Å². The van der Waals surface area contributed by atoms with Crippen LogP contribution in [-0.4, -0.2) is 50.1 Å². The van der Waals surface area contributed by atoms with Crippen molar-refractivity contribution in [2.75, 3.05) is 33.0 Å². The minimum absolute atomic E-state index is 0.184. The largest absolute Gasteiger partial charge is 0.481 e. The van der Waals surface area contributed by atoms with Gasteiger partial charge < -0.3 is 19.3 Å². The van der Waals surface area contributed by atoms with E-state index in [0.29, 0.717) is 45.9 Å². The van der Waals surface area contributed by atoms with E-state index in [2.05, 4.69) is 4.74 Å². The Morgan fingerprint density at radius 3 is 2.00 bits per heavy atom. The summed E-state index contributed by atoms with van der Waals surface area (Å²) in [5, 5.41) is 8.52. The summed E-state index contributed by atoms with van der Waals surface area (Å²) in [4.78, 5) is 21.0. The zero-order chi connectivity index (χ0) is 15.8. The highest BCUT2D eigenvalue weighted by Crippen LogP contribution is 2.02. The van der Waals surface area contributed by atoms with Gasteiger partial charge >= 0.3 is 11.9 Å². The van der Waals surface area contributed by atoms with Gasteiger partial charge in [-0.15, -0.1) is 0 Å². The van der Waals surface area contributed by atoms with Gasteiger partial charge in [-0.3, -0.25) is 9.59 Å². The Bertz CT molecular complexity index is 240. The van der Waals surface area contributed by atoms with Crippen LogP contribution in [0.4, 0.5) is 0 Å². The van der Waals surface area contributed by atoms with Crippen molar-refractivity contribution in [2.45, 2.75) is 40.5 Å². The zero-order valence-corrected chi connectivity index (χ0v) is 13.0. The van der Waals surface area contributed by atoms with Crippen molar-refractivity contribution in [1.82, 2.24) is 0 Å². The Morgan fingerprint density at radius 2 is 1.60 bits per heavy atom. The van der Waals surface area contributed by atoms with Crippen molar-refractivity contribution >= 4 is 11.9 Å². The van der Waals surface area contributed by atoms with E-state index in [4.69, 9.17) is 14.6 Å². The molecule has 0 bridgehead atoms. The van der Waals surface area contributed by atoms with Gasteiger partial charge in [-0.1, -0.05) is 6.92 Å². The first-order valence-electron chi connectivity index (χ1n) is 7.07. The summed E-state index contributed by atoms with van der Waals surface area (Å²) in [6, 6.07) is 0. The highest BCUT2D eigenvalue weighted by molar-refractivity contribution is 5.70. The molecule has 0 aromatic carbocycles. The SMILES string of the molecule is CCOCC(CC)C(=O)O.CCOCCC(=O)OCC. The number of carbonyl (C=O) groups excluding carboxylic acids is 1. The molecule has 0 heterocycles. The molecule has 1 unspecified atom stereocenters. The molecular weight excluding hydrogens is 264 g/mol. The molecule has 1 N–H and O–H groups in total. The van der Waals surface area contributed by atoms with Crippen molar-refractivity contribution in [3.63, 3.8) is 0 Å². The molecular formula is C14H28O6. The topological polar surface area (TPSA) is 82.1 Å². The Labute approximate surface area is 121 Å². The van der Waals surface area contributed by atoms with E-state index in [9.17, 15) is 9.59 Å². The van der Waals surface area contributed by atoms with E-state index in [1.54, 1.807) is 6.92 Å². The monoisotopic (exact) mass is 292 g/mol. The van der Waals surface area contributed by atoms with Gasteiger partial charge in [-0.2, -0.15) is 0 Å². The Balaban J connectivity index is 0. The van der Waals surface area contributed by atoms with Gasteiger partial charge in [-0.05, 0) is 27.2 Å². The number of rotatable bonds is 10. The van der Waals surface area contributed by atoms with Gasteiger partial charge in [-0.25, -0.2) is 0 Å². The molecule has 6 nitrogen and oxygen atoms in total. The maximum absolute atomic E-state index is 10.6. The van der Waals surface area contributed by atoms with E-state index in [1.165, 1.54) is 0 Å². The normalized spacial score (nSPS) is 11.2. The standard InChI is InChI=1S/2C7H14O3/c1-3-9-6-5-7(8)10-4-2;1-3-6(7(8)9)5-10-4-2/h3-6H2,1-2H3;6H,3-5H2,1-2H3,(H,8,9). The molecule has 0 saturated carbocycles. The molecule has 20 heavy (non-hydrogen) atoms. The number of esters is 1. The number of hydrogen-bond acceptors (Lipinski definition) is 5. The van der Waals surface area contributed by atoms with Gasteiger partial charge in [0.05, 0.1) is 32.2 Å². The molecule has 0 spiro atoms. The molecule has 6 heteroatoms. The molecule has 0 saturated heterocycles. The van der Waals surface area contributed by atoms with Crippen LogP contribution >= 0.6 is 0 Å². The number of carbonyl (C=O) groups is 2. The van der Waals surface area contributed by atoms with Crippen LogP contribution in [0.3, 0.4) is 0 Å². The second-order valence-electron chi connectivity index (χ2n) is 3.85. The van der Waals surface area contributed by atoms with Gasteiger partial charge in [0.25, 0.3) is 0 Å². The maximum Gasteiger partial charge on any atom is 0.308 e. The van der Waals surface area contributed by atoms with Crippen LogP contribution in [0.2, 0.25) is 0 Å². The van der Waals surface area contributed by atoms with Crippen molar-refractivity contribution in [3.8, 4) is 0 Å². The molecule has 0 aromatic heterocycles. The smallest absolute Gasteiger partial charge is 0.308 e. The molecule has 0 aliphatic carbocycles. The summed E-state index contributed by atoms with van der Waals surface area (Å²) < 4.78 is 14.6. The van der Waals surface area contributed by atoms with Gasteiger partial charge in [0, 0.05) is 13.2 Å². The molecule has 0 rings (SSSR count). The minimum atomic E-state index is -0.768. The number of carboxylic acid groups (broad SMARTS) is 1. The number of hydrogen-bond donors (Lipinski definition) is 1. The lowest BCUT2D eigenvalue weighted by molar-refractivity contribution is -0.145. The average Bonchev–Trinajstić information content (AvgIpc) is 2.40. The third-order valence-electron chi connectivity index (χ3n) is 2.33. The Hall–Kier alpha value is -1.14. The molecule has 0 amide bonds. The van der Waals surface area contributed by atoms with E-state index in [-0.39, 0.29) is 11.9 Å². The zero-order valence-electron chi connectivity index (χ0n) is 13.0. The first-order chi connectivity index (χ1) is 9.53. The van der Waals surface area contributed by atoms with E-state index in [0.717, 1.165) is 0 Å². The van der Waals surface area contributed by atoms with Crippen LogP contribution < -0.4 is 0 Å². The molecule has 0 fully saturated rings. The van der Waals surface area contributed by atoms with Crippen LogP contribution in [0, 0.1) is 5.92 Å². The summed E-state index contributed by atoms with van der Waals surface area (Å²) in [7, 11) is 0. The van der Waals surface area contributed by atoms with Crippen LogP contribution in [0.15, 0.2) is 0 Å². The highest BCUT2D eigenvalue weighted by Gasteiger charge is 2.13. The fourth-order valence-corrected chi connectivity index (χ4v) is 1.16. The third-order valence-corrected chi connectivity index (χ3v) is 2.33. The second-order valence-corrected chi connectivity index (χ2v) is 3.85. The van der Waals surface area contributed by atoms with Gasteiger partial charge in [0.2, 0.25) is 0 Å². The van der Waals surface area contributed by atoms with E-state index >= 15 is 0 Å². The van der Waals surface area contributed by atoms with Gasteiger partial charge in [0.1, 0.15) is 0 Å². The second kappa shape index (κ2) is 15.9. The van der Waals surface area contributed by atoms with Gasteiger partial charge in [0.15, 0.2) is 0 Å². The lowest BCUT2D eigenvalue weighted by Gasteiger charge is -2.07. The van der Waals surface area contributed by atoms with Crippen molar-refractivity contribution < 1.29 is 28.9 Å². The number of carboxylic acids is 1. The summed E-state index contributed by atoms with van der Waals surface area (Å²) in [5.41, 5.74) is 0. The molecule has 120 valence electrons. The maximum atomic E-state index is 10.6. The van der Waals surface area contributed by atoms with Crippen molar-refractivity contribution in [3.05, 3.63) is 0 Å². The lowest BCUT2D eigenvalue weighted by Crippen LogP contribution is -2.18. The molecule has 0 aliphatic rings. The van der Waals surface area contributed by atoms with Crippen LogP contribution in [0.25, 0.3) is 0 Å². The lowest BCUT2D eigenvalue weighted by atomic mass is 10.1. The molecule has 0 aliphatic heterocycles. The Kier molecular flexibility index (Phi) is 16.8. The van der Waals surface area contributed by atoms with Crippen LogP contribution in [0.5, 0.6) is 0 Å². The fourth-order valence-electron chi connectivity index (χ4n) is 1.16. The molecule has 0 radical (unpaired) electrons. The van der Waals surface area contributed by atoms with E-state index in [1.807, 2.05) is 20.8 Å². The predicted molar refractivity (Wildman–Crippen MR) is 75.7 cm³/mol. The van der Waals surface area contributed by atoms with Crippen molar-refractivity contribution in [1.29, 1.82) is 0 Å². The molecule has 1 atom stereocenters. The first kappa shape index (κ1) is 21.2. The van der Waals surface area contributed by atoms with Crippen LogP contribution in [-0.2, 0) is 23.8 Å². The average molecular weight is 292 g/mol. The third kappa shape index (κ3) is 14.9.